The first-order valence-corrected chi connectivity index (χ1v) is 19.1. The van der Waals surface area contributed by atoms with Crippen molar-refractivity contribution >= 4 is 26.3 Å². The molecule has 0 saturated carbocycles. The topological polar surface area (TPSA) is 113 Å². The second kappa shape index (κ2) is 33.5. The van der Waals surface area contributed by atoms with Crippen LogP contribution in [0, 0.1) is 0 Å². The molecule has 0 aromatic carbocycles. The summed E-state index contributed by atoms with van der Waals surface area (Å²) >= 11 is 4.25. The predicted octanol–water partition coefficient (Wildman–Crippen LogP) is 7.94. The van der Waals surface area contributed by atoms with Gasteiger partial charge in [0.2, 0.25) is 0 Å². The number of alkyl carbamates (subject to hydrolysis) is 1. The van der Waals surface area contributed by atoms with Crippen molar-refractivity contribution in [3.05, 3.63) is 0 Å². The molecule has 0 aromatic rings. The van der Waals surface area contributed by atoms with Gasteiger partial charge in [0.25, 0.3) is 0 Å². The molecule has 0 spiro atoms. The van der Waals surface area contributed by atoms with Gasteiger partial charge in [0, 0.05) is 19.3 Å². The van der Waals surface area contributed by atoms with Gasteiger partial charge in [-0.15, -0.1) is 0 Å². The summed E-state index contributed by atoms with van der Waals surface area (Å²) in [5, 5.41) is 2.70. The number of carbonyl (C=O) groups excluding carboxylic acids is 1. The average molecular weight is 642 g/mol. The lowest BCUT2D eigenvalue weighted by atomic mass is 10.1. The number of nitrogens with one attached hydrogen (secondary N) is 1. The van der Waals surface area contributed by atoms with Gasteiger partial charge in [-0.3, -0.25) is 4.57 Å². The molecule has 0 heterocycles. The van der Waals surface area contributed by atoms with E-state index < -0.39 is 13.7 Å². The molecule has 9 nitrogen and oxygen atoms in total. The largest absolute Gasteiger partial charge is 0.450 e. The van der Waals surface area contributed by atoms with E-state index in [1.54, 1.807) is 6.92 Å². The van der Waals surface area contributed by atoms with Crippen LogP contribution in [0.2, 0.25) is 0 Å². The Hall–Kier alpha value is -0.350. The normalized spacial score (nSPS) is 12.8. The quantitative estimate of drug-likeness (QED) is 0.0369. The fourth-order valence-electron chi connectivity index (χ4n) is 4.45. The number of amides is 1. The van der Waals surface area contributed by atoms with E-state index in [0.29, 0.717) is 46.2 Å². The monoisotopic (exact) mass is 641 g/mol. The van der Waals surface area contributed by atoms with Crippen molar-refractivity contribution < 1.29 is 37.7 Å². The van der Waals surface area contributed by atoms with Crippen molar-refractivity contribution in [2.75, 3.05) is 71.3 Å². The Morgan fingerprint density at radius 2 is 1.05 bits per heavy atom. The van der Waals surface area contributed by atoms with Crippen LogP contribution in [0.3, 0.4) is 0 Å². The molecule has 0 rings (SSSR count). The van der Waals surface area contributed by atoms with Gasteiger partial charge in [-0.05, 0) is 38.4 Å². The van der Waals surface area contributed by atoms with E-state index in [2.05, 4.69) is 17.9 Å². The van der Waals surface area contributed by atoms with Crippen LogP contribution in [-0.4, -0.2) is 82.3 Å². The van der Waals surface area contributed by atoms with E-state index in [0.717, 1.165) is 70.1 Å². The molecule has 0 fully saturated rings. The molecule has 11 heteroatoms. The molecule has 0 radical (unpaired) electrons. The maximum atomic E-state index is 11.7. The third kappa shape index (κ3) is 34.1. The van der Waals surface area contributed by atoms with Crippen LogP contribution < -0.4 is 5.32 Å². The van der Waals surface area contributed by atoms with E-state index in [-0.39, 0.29) is 12.8 Å². The minimum atomic E-state index is -3.36. The highest BCUT2D eigenvalue weighted by atomic mass is 32.1. The lowest BCUT2D eigenvalue weighted by Crippen LogP contribution is -2.28. The number of rotatable bonds is 34. The van der Waals surface area contributed by atoms with Gasteiger partial charge < -0.3 is 33.7 Å². The number of hydrogen-bond acceptors (Lipinski definition) is 8. The summed E-state index contributed by atoms with van der Waals surface area (Å²) < 4.78 is 38.3. The van der Waals surface area contributed by atoms with Gasteiger partial charge in [-0.25, -0.2) is 4.79 Å². The van der Waals surface area contributed by atoms with Gasteiger partial charge in [-0.1, -0.05) is 89.9 Å². The molecule has 0 bridgehead atoms. The van der Waals surface area contributed by atoms with Gasteiger partial charge in [0.1, 0.15) is 0 Å². The highest BCUT2D eigenvalue weighted by Gasteiger charge is 2.16. The first-order valence-electron chi connectivity index (χ1n) is 16.7. The number of ether oxygens (including phenoxy) is 4. The Kier molecular flexibility index (Phi) is 33.3. The summed E-state index contributed by atoms with van der Waals surface area (Å²) in [6.45, 7) is 6.29. The smallest absolute Gasteiger partial charge is 0.407 e. The second-order valence-electron chi connectivity index (χ2n) is 10.8. The molecule has 0 aromatic heterocycles. The summed E-state index contributed by atoms with van der Waals surface area (Å²) in [5.74, 6) is 1.01. The van der Waals surface area contributed by atoms with Crippen LogP contribution in [0.25, 0.3) is 0 Å². The minimum Gasteiger partial charge on any atom is -0.450 e. The standard InChI is InChI=1S/C31H64NO8PS/c1-2-40-41(34,35)29-19-15-11-7-3-6-10-14-18-23-39-31(33)32-21-24-37-26-28-38-27-25-36-22-17-13-9-5-4-8-12-16-20-30-42/h42H,2-30H2,1H3,(H,32,33)(H,34,35). The first kappa shape index (κ1) is 41.7. The average Bonchev–Trinajstić information content (AvgIpc) is 2.96. The minimum absolute atomic E-state index is 0.255. The van der Waals surface area contributed by atoms with E-state index >= 15 is 0 Å². The maximum absolute atomic E-state index is 11.7. The Morgan fingerprint density at radius 3 is 1.57 bits per heavy atom. The van der Waals surface area contributed by atoms with Gasteiger partial charge >= 0.3 is 13.7 Å². The number of carbonyl (C=O) groups is 1. The van der Waals surface area contributed by atoms with Gasteiger partial charge in [0.05, 0.1) is 46.2 Å². The van der Waals surface area contributed by atoms with Crippen LogP contribution >= 0.6 is 20.2 Å². The Morgan fingerprint density at radius 1 is 0.619 bits per heavy atom. The predicted molar refractivity (Wildman–Crippen MR) is 175 cm³/mol. The second-order valence-corrected chi connectivity index (χ2v) is 13.2. The molecular weight excluding hydrogens is 577 g/mol. The highest BCUT2D eigenvalue weighted by molar-refractivity contribution is 7.80. The van der Waals surface area contributed by atoms with Crippen molar-refractivity contribution in [2.24, 2.45) is 0 Å². The highest BCUT2D eigenvalue weighted by Crippen LogP contribution is 2.42. The van der Waals surface area contributed by atoms with E-state index in [4.69, 9.17) is 23.5 Å². The molecule has 0 aliphatic carbocycles. The summed E-state index contributed by atoms with van der Waals surface area (Å²) in [6.07, 6.45) is 20.8. The number of unbranched alkanes of at least 4 members (excludes halogenated alkanes) is 16. The van der Waals surface area contributed by atoms with Crippen molar-refractivity contribution in [3.8, 4) is 0 Å². The summed E-state index contributed by atoms with van der Waals surface area (Å²) in [6, 6.07) is 0. The molecule has 0 saturated heterocycles. The fourth-order valence-corrected chi connectivity index (χ4v) is 5.83. The number of thiol groups is 1. The summed E-state index contributed by atoms with van der Waals surface area (Å²) in [7, 11) is -3.36. The molecule has 252 valence electrons. The molecule has 0 aliphatic rings. The molecule has 1 atom stereocenters. The Bertz CT molecular complexity index is 617. The van der Waals surface area contributed by atoms with E-state index in [9.17, 15) is 14.3 Å². The fraction of sp³-hybridized carbons (Fsp3) is 0.968. The molecular formula is C31H64NO8PS. The Balaban J connectivity index is 3.20. The van der Waals surface area contributed by atoms with Crippen molar-refractivity contribution in [1.82, 2.24) is 5.32 Å². The molecule has 0 aliphatic heterocycles. The van der Waals surface area contributed by atoms with Crippen molar-refractivity contribution in [3.63, 3.8) is 0 Å². The molecule has 1 amide bonds. The zero-order chi connectivity index (χ0) is 30.8. The zero-order valence-corrected chi connectivity index (χ0v) is 28.5. The third-order valence-electron chi connectivity index (χ3n) is 6.86. The Labute approximate surface area is 262 Å². The van der Waals surface area contributed by atoms with Crippen LogP contribution in [0.5, 0.6) is 0 Å². The van der Waals surface area contributed by atoms with E-state index in [1.165, 1.54) is 57.8 Å². The van der Waals surface area contributed by atoms with Crippen LogP contribution in [0.1, 0.15) is 122 Å². The first-order chi connectivity index (χ1) is 20.5. The third-order valence-corrected chi connectivity index (χ3v) is 8.71. The number of hydrogen-bond donors (Lipinski definition) is 3. The van der Waals surface area contributed by atoms with Crippen LogP contribution in [0.4, 0.5) is 4.79 Å². The lowest BCUT2D eigenvalue weighted by molar-refractivity contribution is 0.0143. The van der Waals surface area contributed by atoms with Crippen molar-refractivity contribution in [2.45, 2.75) is 122 Å². The zero-order valence-electron chi connectivity index (χ0n) is 26.7. The van der Waals surface area contributed by atoms with Crippen LogP contribution in [0.15, 0.2) is 0 Å². The van der Waals surface area contributed by atoms with Gasteiger partial charge in [0.15, 0.2) is 0 Å². The maximum Gasteiger partial charge on any atom is 0.407 e. The van der Waals surface area contributed by atoms with E-state index in [1.807, 2.05) is 0 Å². The lowest BCUT2D eigenvalue weighted by Gasteiger charge is -2.10. The molecule has 1 unspecified atom stereocenters. The van der Waals surface area contributed by atoms with Crippen LogP contribution in [-0.2, 0) is 28.0 Å². The molecule has 42 heavy (non-hydrogen) atoms. The SMILES string of the molecule is CCOP(=O)(O)CCCCCCCCCCCOC(=O)NCCOCCOCCOCCCCCCCCCCCS. The van der Waals surface area contributed by atoms with Crippen molar-refractivity contribution in [1.29, 1.82) is 0 Å². The summed E-state index contributed by atoms with van der Waals surface area (Å²) in [5.41, 5.74) is 0. The molecule has 2 N–H and O–H groups in total. The summed E-state index contributed by atoms with van der Waals surface area (Å²) in [4.78, 5) is 21.3. The van der Waals surface area contributed by atoms with Gasteiger partial charge in [-0.2, -0.15) is 12.6 Å².